The zero-order chi connectivity index (χ0) is 14.3. The van der Waals surface area contributed by atoms with E-state index in [1.165, 1.54) is 12.8 Å². The Kier molecular flexibility index (Phi) is 7.58. The fraction of sp³-hybridized carbons (Fsp3) is 0.938. The number of hydrogen-bond donors (Lipinski definition) is 0. The summed E-state index contributed by atoms with van der Waals surface area (Å²) in [4.78, 5) is 14.5. The predicted octanol–water partition coefficient (Wildman–Crippen LogP) is 4.34. The highest BCUT2D eigenvalue weighted by atomic mass is 16.2. The molecular weight excluding hydrogens is 222 g/mol. The number of nitrogens with zero attached hydrogens (tertiary/aromatic N) is 1. The highest BCUT2D eigenvalue weighted by molar-refractivity contribution is 5.82. The molecule has 1 fully saturated rings. The lowest BCUT2D eigenvalue weighted by Gasteiger charge is -2.36. The minimum atomic E-state index is -0.186. The monoisotopic (exact) mass is 255 g/mol. The van der Waals surface area contributed by atoms with Crippen molar-refractivity contribution in [3.8, 4) is 0 Å². The first-order chi connectivity index (χ1) is 8.33. The maximum absolute atomic E-state index is 12.4. The topological polar surface area (TPSA) is 20.3 Å². The molecule has 0 aromatic rings. The van der Waals surface area contributed by atoms with Crippen LogP contribution in [0.15, 0.2) is 0 Å². The molecule has 1 amide bonds. The highest BCUT2D eigenvalue weighted by Crippen LogP contribution is 2.29. The molecule has 0 atom stereocenters. The lowest BCUT2D eigenvalue weighted by atomic mass is 9.82. The fourth-order valence-corrected chi connectivity index (χ4v) is 2.75. The van der Waals surface area contributed by atoms with Crippen LogP contribution in [0.1, 0.15) is 67.7 Å². The second-order valence-corrected chi connectivity index (χ2v) is 6.46. The minimum absolute atomic E-state index is 0.186. The van der Waals surface area contributed by atoms with Gasteiger partial charge in [0.2, 0.25) is 5.91 Å². The first-order valence-corrected chi connectivity index (χ1v) is 7.62. The second-order valence-electron chi connectivity index (χ2n) is 6.46. The van der Waals surface area contributed by atoms with Crippen LogP contribution in [0.3, 0.4) is 0 Å². The number of hydrogen-bond acceptors (Lipinski definition) is 1. The van der Waals surface area contributed by atoms with Crippen LogP contribution in [0, 0.1) is 17.3 Å². The maximum Gasteiger partial charge on any atom is 0.228 e. The number of amides is 1. The van der Waals surface area contributed by atoms with Crippen LogP contribution in [0.2, 0.25) is 0 Å². The number of piperidine rings is 1. The zero-order valence-electron chi connectivity index (χ0n) is 13.5. The largest absolute Gasteiger partial charge is 0.342 e. The van der Waals surface area contributed by atoms with Gasteiger partial charge in [0.05, 0.1) is 0 Å². The Morgan fingerprint density at radius 2 is 1.67 bits per heavy atom. The van der Waals surface area contributed by atoms with E-state index in [0.29, 0.717) is 11.8 Å². The lowest BCUT2D eigenvalue weighted by molar-refractivity contribution is -0.142. The molecule has 108 valence electrons. The summed E-state index contributed by atoms with van der Waals surface area (Å²) in [6.45, 7) is 16.8. The summed E-state index contributed by atoms with van der Waals surface area (Å²) in [6.07, 6.45) is 3.32. The van der Waals surface area contributed by atoms with E-state index in [-0.39, 0.29) is 5.41 Å². The predicted molar refractivity (Wildman–Crippen MR) is 79.6 cm³/mol. The molecule has 0 saturated carbocycles. The molecule has 0 aromatic heterocycles. The van der Waals surface area contributed by atoms with Gasteiger partial charge in [0.1, 0.15) is 0 Å². The van der Waals surface area contributed by atoms with E-state index in [4.69, 9.17) is 0 Å². The smallest absolute Gasteiger partial charge is 0.228 e. The molecule has 0 aromatic carbocycles. The number of likely N-dealkylation sites (tertiary alicyclic amines) is 1. The molecule has 0 radical (unpaired) electrons. The Morgan fingerprint density at radius 1 is 1.22 bits per heavy atom. The Bertz CT molecular complexity index is 237. The van der Waals surface area contributed by atoms with E-state index in [2.05, 4.69) is 39.5 Å². The molecule has 1 heterocycles. The fourth-order valence-electron chi connectivity index (χ4n) is 2.75. The van der Waals surface area contributed by atoms with Gasteiger partial charge in [-0.25, -0.2) is 0 Å². The summed E-state index contributed by atoms with van der Waals surface area (Å²) in [6, 6.07) is 0. The molecule has 1 rings (SSSR count). The van der Waals surface area contributed by atoms with Crippen molar-refractivity contribution in [2.75, 3.05) is 13.1 Å². The van der Waals surface area contributed by atoms with Gasteiger partial charge in [-0.2, -0.15) is 0 Å². The molecular formula is C16H33NO. The first-order valence-electron chi connectivity index (χ1n) is 7.62. The number of carbonyl (C=O) groups excluding carboxylic acids is 1. The second kappa shape index (κ2) is 7.81. The van der Waals surface area contributed by atoms with Crippen LogP contribution < -0.4 is 0 Å². The average molecular weight is 255 g/mol. The third-order valence-corrected chi connectivity index (χ3v) is 3.57. The van der Waals surface area contributed by atoms with Gasteiger partial charge in [-0.15, -0.1) is 0 Å². The van der Waals surface area contributed by atoms with E-state index >= 15 is 0 Å². The Labute approximate surface area is 114 Å². The molecule has 0 N–H and O–H groups in total. The van der Waals surface area contributed by atoms with Crippen LogP contribution in [-0.4, -0.2) is 23.9 Å². The molecule has 18 heavy (non-hydrogen) atoms. The normalized spacial score (nSPS) is 17.4. The minimum Gasteiger partial charge on any atom is -0.342 e. The summed E-state index contributed by atoms with van der Waals surface area (Å²) in [5, 5.41) is 0. The maximum atomic E-state index is 12.4. The van der Waals surface area contributed by atoms with Gasteiger partial charge in [0.25, 0.3) is 0 Å². The van der Waals surface area contributed by atoms with Gasteiger partial charge in [-0.05, 0) is 31.1 Å². The first kappa shape index (κ1) is 17.5. The van der Waals surface area contributed by atoms with Crippen molar-refractivity contribution in [3.05, 3.63) is 0 Å². The molecule has 0 bridgehead atoms. The quantitative estimate of drug-likeness (QED) is 0.734. The van der Waals surface area contributed by atoms with Crippen LogP contribution >= 0.6 is 0 Å². The molecule has 2 heteroatoms. The molecule has 0 spiro atoms. The van der Waals surface area contributed by atoms with Gasteiger partial charge < -0.3 is 4.90 Å². The zero-order valence-corrected chi connectivity index (χ0v) is 13.5. The Balaban J connectivity index is 0.00000137. The SMILES string of the molecule is CC.CC(C)CC(C)(C)C(=O)N1CCC(C)CC1. The van der Waals surface area contributed by atoms with Crippen molar-refractivity contribution in [2.45, 2.75) is 67.7 Å². The van der Waals surface area contributed by atoms with Gasteiger partial charge in [0, 0.05) is 18.5 Å². The molecule has 0 unspecified atom stereocenters. The van der Waals surface area contributed by atoms with E-state index in [1.54, 1.807) is 0 Å². The van der Waals surface area contributed by atoms with Crippen LogP contribution in [0.4, 0.5) is 0 Å². The molecule has 1 saturated heterocycles. The van der Waals surface area contributed by atoms with Crippen molar-refractivity contribution in [2.24, 2.45) is 17.3 Å². The van der Waals surface area contributed by atoms with E-state index in [9.17, 15) is 4.79 Å². The Hall–Kier alpha value is -0.530. The lowest BCUT2D eigenvalue weighted by Crippen LogP contribution is -2.45. The van der Waals surface area contributed by atoms with Crippen LogP contribution in [0.25, 0.3) is 0 Å². The Morgan fingerprint density at radius 3 is 2.06 bits per heavy atom. The number of carbonyl (C=O) groups is 1. The molecule has 2 nitrogen and oxygen atoms in total. The highest BCUT2D eigenvalue weighted by Gasteiger charge is 2.33. The van der Waals surface area contributed by atoms with Crippen molar-refractivity contribution >= 4 is 5.91 Å². The molecule has 0 aliphatic carbocycles. The van der Waals surface area contributed by atoms with Crippen molar-refractivity contribution in [3.63, 3.8) is 0 Å². The van der Waals surface area contributed by atoms with Crippen molar-refractivity contribution in [1.29, 1.82) is 0 Å². The van der Waals surface area contributed by atoms with Gasteiger partial charge in [-0.1, -0.05) is 48.5 Å². The van der Waals surface area contributed by atoms with Gasteiger partial charge >= 0.3 is 0 Å². The van der Waals surface area contributed by atoms with Gasteiger partial charge in [0.15, 0.2) is 0 Å². The summed E-state index contributed by atoms with van der Waals surface area (Å²) in [5.74, 6) is 1.73. The van der Waals surface area contributed by atoms with E-state index in [1.807, 2.05) is 13.8 Å². The third kappa shape index (κ3) is 5.41. The number of rotatable bonds is 3. The molecule has 1 aliphatic rings. The van der Waals surface area contributed by atoms with Crippen LogP contribution in [-0.2, 0) is 4.79 Å². The summed E-state index contributed by atoms with van der Waals surface area (Å²) in [7, 11) is 0. The third-order valence-electron chi connectivity index (χ3n) is 3.57. The summed E-state index contributed by atoms with van der Waals surface area (Å²) in [5.41, 5.74) is -0.186. The van der Waals surface area contributed by atoms with Gasteiger partial charge in [-0.3, -0.25) is 4.79 Å². The van der Waals surface area contributed by atoms with E-state index < -0.39 is 0 Å². The van der Waals surface area contributed by atoms with E-state index in [0.717, 1.165) is 25.4 Å². The average Bonchev–Trinajstić information content (AvgIpc) is 2.30. The van der Waals surface area contributed by atoms with Crippen LogP contribution in [0.5, 0.6) is 0 Å². The van der Waals surface area contributed by atoms with Crippen molar-refractivity contribution < 1.29 is 4.79 Å². The molecule has 1 aliphatic heterocycles. The standard InChI is InChI=1S/C14H27NO.C2H6/c1-11(2)10-14(4,5)13(16)15-8-6-12(3)7-9-15;1-2/h11-12H,6-10H2,1-5H3;1-2H3. The van der Waals surface area contributed by atoms with Crippen molar-refractivity contribution in [1.82, 2.24) is 4.90 Å². The summed E-state index contributed by atoms with van der Waals surface area (Å²) < 4.78 is 0. The summed E-state index contributed by atoms with van der Waals surface area (Å²) >= 11 is 0.